The average Bonchev–Trinajstić information content (AvgIpc) is 2.75. The fourth-order valence-corrected chi connectivity index (χ4v) is 5.54. The van der Waals surface area contributed by atoms with E-state index in [4.69, 9.17) is 0 Å². The molecule has 112 valence electrons. The van der Waals surface area contributed by atoms with Crippen LogP contribution in [-0.4, -0.2) is 0 Å². The third kappa shape index (κ3) is 2.00. The van der Waals surface area contributed by atoms with E-state index >= 15 is 0 Å². The van der Waals surface area contributed by atoms with Gasteiger partial charge in [0.15, 0.2) is 0 Å². The summed E-state index contributed by atoms with van der Waals surface area (Å²) in [5, 5.41) is 3.30. The topological polar surface area (TPSA) is 0 Å². The summed E-state index contributed by atoms with van der Waals surface area (Å²) in [4.78, 5) is 1.45. The summed E-state index contributed by atoms with van der Waals surface area (Å²) in [7, 11) is 0. The molecule has 0 bridgehead atoms. The quantitative estimate of drug-likeness (QED) is 0.546. The Morgan fingerprint density at radius 2 is 1.91 bits per heavy atom. The molecule has 0 spiro atoms. The summed E-state index contributed by atoms with van der Waals surface area (Å²) in [6, 6.07) is 11.4. The molecule has 2 aliphatic carbocycles. The highest BCUT2D eigenvalue weighted by Gasteiger charge is 2.37. The van der Waals surface area contributed by atoms with Crippen molar-refractivity contribution in [1.29, 1.82) is 0 Å². The van der Waals surface area contributed by atoms with Crippen LogP contribution in [0.15, 0.2) is 71.2 Å². The van der Waals surface area contributed by atoms with E-state index < -0.39 is 0 Å². The molecule has 0 aromatic heterocycles. The highest BCUT2D eigenvalue weighted by molar-refractivity contribution is 8.03. The van der Waals surface area contributed by atoms with Crippen molar-refractivity contribution < 1.29 is 0 Å². The van der Waals surface area contributed by atoms with Gasteiger partial charge in [0.2, 0.25) is 0 Å². The molecule has 0 saturated heterocycles. The van der Waals surface area contributed by atoms with Crippen molar-refractivity contribution in [1.82, 2.24) is 0 Å². The molecule has 3 aliphatic rings. The van der Waals surface area contributed by atoms with Crippen LogP contribution in [0.3, 0.4) is 0 Å². The molecule has 5 rings (SSSR count). The van der Waals surface area contributed by atoms with E-state index in [1.54, 1.807) is 0 Å². The van der Waals surface area contributed by atoms with Crippen molar-refractivity contribution in [2.75, 3.05) is 0 Å². The second kappa shape index (κ2) is 5.01. The zero-order chi connectivity index (χ0) is 15.4. The van der Waals surface area contributed by atoms with Crippen LogP contribution in [0.1, 0.15) is 28.4 Å². The van der Waals surface area contributed by atoms with Gasteiger partial charge in [-0.25, -0.2) is 0 Å². The molecule has 0 N–H and O–H groups in total. The second-order valence-corrected chi connectivity index (χ2v) is 7.76. The molecular formula is C22H18S. The van der Waals surface area contributed by atoms with Gasteiger partial charge in [-0.05, 0) is 40.8 Å². The average molecular weight is 314 g/mol. The molecule has 1 aliphatic heterocycles. The van der Waals surface area contributed by atoms with Crippen LogP contribution in [0, 0.1) is 12.8 Å². The molecule has 0 nitrogen and oxygen atoms in total. The lowest BCUT2D eigenvalue weighted by atomic mass is 9.82. The van der Waals surface area contributed by atoms with Gasteiger partial charge in [-0.3, -0.25) is 0 Å². The van der Waals surface area contributed by atoms with E-state index in [0.29, 0.717) is 11.2 Å². The molecule has 0 saturated carbocycles. The van der Waals surface area contributed by atoms with Crippen molar-refractivity contribution in [3.8, 4) is 0 Å². The van der Waals surface area contributed by atoms with Gasteiger partial charge in [0.05, 0.1) is 0 Å². The first-order valence-corrected chi connectivity index (χ1v) is 9.14. The zero-order valence-corrected chi connectivity index (χ0v) is 13.9. The number of allylic oxidation sites excluding steroid dienone is 6. The van der Waals surface area contributed by atoms with Gasteiger partial charge in [-0.2, -0.15) is 0 Å². The van der Waals surface area contributed by atoms with Crippen LogP contribution in [0.4, 0.5) is 0 Å². The molecule has 1 heteroatoms. The van der Waals surface area contributed by atoms with Gasteiger partial charge in [-0.1, -0.05) is 72.4 Å². The Kier molecular flexibility index (Phi) is 2.93. The minimum Gasteiger partial charge on any atom is -0.117 e. The van der Waals surface area contributed by atoms with E-state index in [1.165, 1.54) is 37.9 Å². The fraction of sp³-hybridized carbons (Fsp3) is 0.182. The van der Waals surface area contributed by atoms with Crippen LogP contribution >= 0.6 is 11.8 Å². The maximum Gasteiger partial charge on any atom is 0.0460 e. The molecule has 2 atom stereocenters. The summed E-state index contributed by atoms with van der Waals surface area (Å²) < 4.78 is 0. The maximum absolute atomic E-state index is 2.41. The molecule has 2 aromatic carbocycles. The largest absolute Gasteiger partial charge is 0.117 e. The molecule has 0 radical (unpaired) electrons. The number of rotatable bonds is 0. The highest BCUT2D eigenvalue weighted by atomic mass is 32.2. The molecule has 0 amide bonds. The van der Waals surface area contributed by atoms with Gasteiger partial charge in [0.25, 0.3) is 0 Å². The maximum atomic E-state index is 2.41. The Labute approximate surface area is 141 Å². The standard InChI is InChI=1S/C22H18S/c1-14-7-11-17-16(13-14)9-8-15-10-12-19-18-5-3-2-4-6-20(18)23-22(19)21(15)17/h3-13,19,22H,2H2,1H3. The highest BCUT2D eigenvalue weighted by Crippen LogP contribution is 2.57. The van der Waals surface area contributed by atoms with Crippen LogP contribution in [0.5, 0.6) is 0 Å². The van der Waals surface area contributed by atoms with Gasteiger partial charge in [0, 0.05) is 16.1 Å². The van der Waals surface area contributed by atoms with E-state index in [9.17, 15) is 0 Å². The molecule has 2 aromatic rings. The van der Waals surface area contributed by atoms with Gasteiger partial charge in [-0.15, -0.1) is 11.8 Å². The first kappa shape index (κ1) is 13.4. The summed E-state index contributed by atoms with van der Waals surface area (Å²) in [5.41, 5.74) is 5.74. The van der Waals surface area contributed by atoms with Crippen molar-refractivity contribution in [2.45, 2.75) is 18.6 Å². The number of thioether (sulfide) groups is 1. The Balaban J connectivity index is 1.72. The Hall–Kier alpha value is -1.99. The van der Waals surface area contributed by atoms with E-state index in [0.717, 1.165) is 6.42 Å². The molecular weight excluding hydrogens is 296 g/mol. The SMILES string of the molecule is Cc1ccc2c3c(ccc2c1)C=CC1C2=C(C=CCC=C2)SC31. The second-order valence-electron chi connectivity index (χ2n) is 6.58. The summed E-state index contributed by atoms with van der Waals surface area (Å²) in [6.07, 6.45) is 15.0. The molecule has 2 unspecified atom stereocenters. The van der Waals surface area contributed by atoms with Crippen molar-refractivity contribution >= 4 is 28.6 Å². The summed E-state index contributed by atoms with van der Waals surface area (Å²) in [6.45, 7) is 2.17. The monoisotopic (exact) mass is 314 g/mol. The van der Waals surface area contributed by atoms with Gasteiger partial charge >= 0.3 is 0 Å². The van der Waals surface area contributed by atoms with Crippen LogP contribution in [-0.2, 0) is 0 Å². The third-order valence-electron chi connectivity index (χ3n) is 5.08. The molecule has 0 fully saturated rings. The van der Waals surface area contributed by atoms with Crippen molar-refractivity contribution in [2.24, 2.45) is 5.92 Å². The Morgan fingerprint density at radius 1 is 1.00 bits per heavy atom. The first-order valence-electron chi connectivity index (χ1n) is 8.27. The van der Waals surface area contributed by atoms with Crippen LogP contribution in [0.2, 0.25) is 0 Å². The van der Waals surface area contributed by atoms with Crippen LogP contribution in [0.25, 0.3) is 16.8 Å². The normalized spacial score (nSPS) is 24.6. The first-order chi connectivity index (χ1) is 11.3. The summed E-state index contributed by atoms with van der Waals surface area (Å²) >= 11 is 2.04. The molecule has 1 heterocycles. The predicted octanol–water partition coefficient (Wildman–Crippen LogP) is 6.35. The predicted molar refractivity (Wildman–Crippen MR) is 101 cm³/mol. The van der Waals surface area contributed by atoms with Crippen LogP contribution < -0.4 is 0 Å². The van der Waals surface area contributed by atoms with E-state index in [1.807, 2.05) is 11.8 Å². The minimum atomic E-state index is 0.508. The van der Waals surface area contributed by atoms with Gasteiger partial charge < -0.3 is 0 Å². The third-order valence-corrected chi connectivity index (χ3v) is 6.49. The van der Waals surface area contributed by atoms with E-state index in [-0.39, 0.29) is 0 Å². The lowest BCUT2D eigenvalue weighted by Gasteiger charge is -2.26. The molecule has 23 heavy (non-hydrogen) atoms. The van der Waals surface area contributed by atoms with Crippen molar-refractivity contribution in [3.05, 3.63) is 87.9 Å². The number of aryl methyl sites for hydroxylation is 1. The number of hydrogen-bond donors (Lipinski definition) is 0. The fourth-order valence-electron chi connectivity index (χ4n) is 3.99. The Morgan fingerprint density at radius 3 is 2.87 bits per heavy atom. The smallest absolute Gasteiger partial charge is 0.0460 e. The lowest BCUT2D eigenvalue weighted by Crippen LogP contribution is -2.10. The van der Waals surface area contributed by atoms with Gasteiger partial charge in [0.1, 0.15) is 0 Å². The number of hydrogen-bond acceptors (Lipinski definition) is 1. The Bertz CT molecular complexity index is 940. The minimum absolute atomic E-state index is 0.508. The number of benzene rings is 2. The zero-order valence-electron chi connectivity index (χ0n) is 13.1. The number of fused-ring (bicyclic) bond motifs is 6. The summed E-state index contributed by atoms with van der Waals surface area (Å²) in [5.74, 6) is 0.508. The van der Waals surface area contributed by atoms with E-state index in [2.05, 4.69) is 73.7 Å². The lowest BCUT2D eigenvalue weighted by molar-refractivity contribution is 0.765. The van der Waals surface area contributed by atoms with Crippen molar-refractivity contribution in [3.63, 3.8) is 0 Å².